The predicted octanol–water partition coefficient (Wildman–Crippen LogP) is 9.05. The van der Waals surface area contributed by atoms with Crippen LogP contribution in [0.3, 0.4) is 0 Å². The zero-order chi connectivity index (χ0) is 53.2. The van der Waals surface area contributed by atoms with E-state index in [-0.39, 0.29) is 87.0 Å². The minimum atomic E-state index is -4.66. The zero-order valence-corrected chi connectivity index (χ0v) is 39.3. The van der Waals surface area contributed by atoms with Gasteiger partial charge in [-0.15, -0.1) is 20.4 Å². The van der Waals surface area contributed by atoms with E-state index >= 15 is 0 Å². The van der Waals surface area contributed by atoms with Gasteiger partial charge in [0.2, 0.25) is 17.6 Å². The van der Waals surface area contributed by atoms with Gasteiger partial charge < -0.3 is 35.1 Å². The van der Waals surface area contributed by atoms with Crippen LogP contribution in [0, 0.1) is 34.9 Å². The fourth-order valence-electron chi connectivity index (χ4n) is 8.17. The summed E-state index contributed by atoms with van der Waals surface area (Å²) in [5.74, 6) is -9.89. The van der Waals surface area contributed by atoms with Crippen molar-refractivity contribution in [2.75, 3.05) is 13.1 Å². The van der Waals surface area contributed by atoms with Gasteiger partial charge in [0, 0.05) is 70.3 Å². The summed E-state index contributed by atoms with van der Waals surface area (Å²) in [5.41, 5.74) is 1.67. The largest absolute Gasteiger partial charge is 0.481 e. The van der Waals surface area contributed by atoms with Gasteiger partial charge in [-0.2, -0.15) is 26.3 Å². The van der Waals surface area contributed by atoms with Crippen molar-refractivity contribution in [2.45, 2.75) is 102 Å². The molecule has 74 heavy (non-hydrogen) atoms. The Hall–Kier alpha value is -6.93. The Labute approximate surface area is 415 Å². The van der Waals surface area contributed by atoms with Crippen LogP contribution in [-0.2, 0) is 61.0 Å². The second-order valence-corrected chi connectivity index (χ2v) is 17.1. The van der Waals surface area contributed by atoms with Crippen LogP contribution in [0.2, 0.25) is 0 Å². The van der Waals surface area contributed by atoms with Crippen molar-refractivity contribution in [1.82, 2.24) is 50.4 Å². The number of aromatic nitrogens is 6. The second-order valence-electron chi connectivity index (χ2n) is 17.1. The van der Waals surface area contributed by atoms with Gasteiger partial charge in [0.25, 0.3) is 0 Å². The molecule has 2 aliphatic rings. The topological polar surface area (TPSA) is 155 Å². The van der Waals surface area contributed by atoms with E-state index in [2.05, 4.69) is 36.3 Å². The lowest BCUT2D eigenvalue weighted by Gasteiger charge is -2.30. The highest BCUT2D eigenvalue weighted by Gasteiger charge is 2.41. The van der Waals surface area contributed by atoms with Crippen molar-refractivity contribution >= 4 is 11.9 Å². The Morgan fingerprint density at radius 3 is 1.51 bits per heavy atom. The molecule has 0 unspecified atom stereocenters. The summed E-state index contributed by atoms with van der Waals surface area (Å²) in [4.78, 5) is 25.5. The first-order chi connectivity index (χ1) is 34.5. The van der Waals surface area contributed by atoms with E-state index in [1.165, 1.54) is 4.90 Å². The molecule has 6 aromatic rings. The van der Waals surface area contributed by atoms with E-state index in [1.54, 1.807) is 0 Å². The number of carboxylic acids is 1. The number of aliphatic carboxylic acids is 1. The molecule has 0 aliphatic carbocycles. The lowest BCUT2D eigenvalue weighted by atomic mass is 9.99. The average Bonchev–Trinajstić information content (AvgIpc) is 3.99. The van der Waals surface area contributed by atoms with E-state index in [1.807, 2.05) is 74.5 Å². The third kappa shape index (κ3) is 15.5. The summed E-state index contributed by atoms with van der Waals surface area (Å²) in [6.45, 7) is 4.56. The SMILES string of the molecule is C[C@@H](N[C@@H](CC(=O)N1CCn2c(nnc2C(F)(F)F)C1)Cc1cc(F)c(F)cc1F)c1ccccc1.C[C@@H](N[C@@H](CC(=O)O)Cc1cc(F)c(F)cc1F)c1ccccc1.F.FC(F)(F)c1nnc2n1CCNC2.[2HH]. The second kappa shape index (κ2) is 25.3. The number of fused-ring (bicyclic) bond motifs is 2. The van der Waals surface area contributed by atoms with E-state index in [9.17, 15) is 62.3 Å². The number of amides is 1. The third-order valence-corrected chi connectivity index (χ3v) is 11.8. The number of hydrogen-bond acceptors (Lipinski definition) is 9. The molecule has 4 heterocycles. The summed E-state index contributed by atoms with van der Waals surface area (Å²) >= 11 is 0. The quantitative estimate of drug-likeness (QED) is 0.0614. The molecule has 0 saturated carbocycles. The Morgan fingerprint density at radius 2 is 1.05 bits per heavy atom. The summed E-state index contributed by atoms with van der Waals surface area (Å²) in [5, 5.41) is 31.7. The molecule has 4 aromatic carbocycles. The number of carbonyl (C=O) groups excluding carboxylic acids is 1. The zero-order valence-electron chi connectivity index (χ0n) is 39.3. The number of carbonyl (C=O) groups is 2. The molecular weight excluding hydrogens is 1010 g/mol. The number of rotatable bonds is 14. The smallest absolute Gasteiger partial charge is 0.451 e. The van der Waals surface area contributed by atoms with Crippen LogP contribution in [0.1, 0.15) is 85.8 Å². The summed E-state index contributed by atoms with van der Waals surface area (Å²) < 4.78 is 160. The monoisotopic (exact) mass is 1060 g/mol. The van der Waals surface area contributed by atoms with E-state index < -0.39 is 82.9 Å². The molecule has 0 fully saturated rings. The maximum atomic E-state index is 14.4. The van der Waals surface area contributed by atoms with Crippen LogP contribution in [0.25, 0.3) is 0 Å². The molecule has 8 rings (SSSR count). The van der Waals surface area contributed by atoms with E-state index in [0.29, 0.717) is 31.0 Å². The van der Waals surface area contributed by atoms with E-state index in [0.717, 1.165) is 32.4 Å². The molecule has 4 N–H and O–H groups in total. The minimum Gasteiger partial charge on any atom is -0.481 e. The molecule has 0 spiro atoms. The summed E-state index contributed by atoms with van der Waals surface area (Å²) in [6.07, 6.45) is -9.66. The van der Waals surface area contributed by atoms with Crippen LogP contribution < -0.4 is 16.0 Å². The van der Waals surface area contributed by atoms with Gasteiger partial charge in [-0.3, -0.25) is 14.3 Å². The molecule has 13 nitrogen and oxygen atoms in total. The molecule has 402 valence electrons. The van der Waals surface area contributed by atoms with E-state index in [4.69, 9.17) is 5.11 Å². The molecule has 4 atom stereocenters. The molecule has 26 heteroatoms. The Bertz CT molecular complexity index is 2820. The van der Waals surface area contributed by atoms with Crippen LogP contribution in [0.4, 0.5) is 57.4 Å². The van der Waals surface area contributed by atoms with Crippen molar-refractivity contribution in [1.29, 1.82) is 0 Å². The minimum absolute atomic E-state index is 0. The molecule has 2 aliphatic heterocycles. The number of carboxylic acid groups (broad SMARTS) is 1. The molecular formula is C48H51F13N10O3. The third-order valence-electron chi connectivity index (χ3n) is 11.8. The van der Waals surface area contributed by atoms with Gasteiger partial charge >= 0.3 is 18.3 Å². The van der Waals surface area contributed by atoms with Crippen molar-refractivity contribution in [3.05, 3.63) is 165 Å². The van der Waals surface area contributed by atoms with Crippen molar-refractivity contribution < 1.29 is 73.5 Å². The Kier molecular flexibility index (Phi) is 19.8. The van der Waals surface area contributed by atoms with Gasteiger partial charge in [-0.05, 0) is 61.1 Å². The van der Waals surface area contributed by atoms with Crippen LogP contribution >= 0.6 is 0 Å². The Balaban J connectivity index is 0.000000268. The number of nitrogens with zero attached hydrogens (tertiary/aromatic N) is 7. The highest BCUT2D eigenvalue weighted by atomic mass is 19.4. The predicted molar refractivity (Wildman–Crippen MR) is 242 cm³/mol. The van der Waals surface area contributed by atoms with Gasteiger partial charge in [0.15, 0.2) is 29.1 Å². The number of halogens is 13. The van der Waals surface area contributed by atoms with Crippen LogP contribution in [0.5, 0.6) is 0 Å². The lowest BCUT2D eigenvalue weighted by Crippen LogP contribution is -2.43. The Morgan fingerprint density at radius 1 is 0.622 bits per heavy atom. The molecule has 0 bridgehead atoms. The summed E-state index contributed by atoms with van der Waals surface area (Å²) in [6, 6.07) is 19.3. The first-order valence-corrected chi connectivity index (χ1v) is 22.6. The highest BCUT2D eigenvalue weighted by molar-refractivity contribution is 5.77. The number of hydrogen-bond donors (Lipinski definition) is 4. The standard InChI is InChI=1S/C24H23F6N5O.C18H18F3NO2.C6H7F3N4.FH.H2/c1-14(15-5-3-2-4-6-15)31-17(9-16-10-19(26)20(27)12-18(16)25)11-22(36)34-7-8-35-21(13-34)32-33-23(35)24(28,29)30;1-11(12-5-3-2-4-6-12)22-14(9-18(23)24)7-13-8-16(20)17(21)10-15(13)19;7-6(8,9)5-12-11-4-3-10-1-2-13(4)5;;/h2-6,10,12,14,17,31H,7-9,11,13H2,1H3;2-6,8,10-11,14,22H,7,9H2,1H3,(H,23,24);10H,1-3H2;2*1H/t14-,17-;11-,14-;;;/m11.../s1/i;;;;1+1. The average molecular weight is 1060 g/mol. The summed E-state index contributed by atoms with van der Waals surface area (Å²) in [7, 11) is 0. The first-order valence-electron chi connectivity index (χ1n) is 22.6. The van der Waals surface area contributed by atoms with Crippen molar-refractivity contribution in [3.63, 3.8) is 0 Å². The fourth-order valence-corrected chi connectivity index (χ4v) is 8.17. The van der Waals surface area contributed by atoms with Crippen LogP contribution in [-0.4, -0.2) is 76.6 Å². The number of nitrogens with one attached hydrogen (secondary N) is 3. The first kappa shape index (κ1) is 58.0. The van der Waals surface area contributed by atoms with Gasteiger partial charge in [0.05, 0.1) is 19.5 Å². The van der Waals surface area contributed by atoms with Crippen molar-refractivity contribution in [2.24, 2.45) is 0 Å². The number of benzene rings is 4. The normalized spacial score (nSPS) is 14.9. The molecule has 2 aromatic heterocycles. The number of alkyl halides is 6. The van der Waals surface area contributed by atoms with Crippen molar-refractivity contribution in [3.8, 4) is 0 Å². The molecule has 0 saturated heterocycles. The maximum absolute atomic E-state index is 14.4. The lowest BCUT2D eigenvalue weighted by molar-refractivity contribution is -0.148. The van der Waals surface area contributed by atoms with Gasteiger partial charge in [-0.1, -0.05) is 60.7 Å². The van der Waals surface area contributed by atoms with Gasteiger partial charge in [-0.25, -0.2) is 26.3 Å². The molecule has 0 radical (unpaired) electrons. The molecule has 1 amide bonds. The fraction of sp³-hybridized carbons (Fsp3) is 0.375. The highest BCUT2D eigenvalue weighted by Crippen LogP contribution is 2.31. The van der Waals surface area contributed by atoms with Gasteiger partial charge in [0.1, 0.15) is 17.5 Å². The maximum Gasteiger partial charge on any atom is 0.451 e. The van der Waals surface area contributed by atoms with Crippen LogP contribution in [0.15, 0.2) is 84.9 Å².